The van der Waals surface area contributed by atoms with Crippen molar-refractivity contribution < 1.29 is 0 Å². The number of nitrogens with zero attached hydrogens (tertiary/aromatic N) is 1. The van der Waals surface area contributed by atoms with Gasteiger partial charge in [-0.25, -0.2) is 0 Å². The molecule has 4 aliphatic carbocycles. The number of rotatable bonds is 0. The Morgan fingerprint density at radius 3 is 2.05 bits per heavy atom. The molecule has 1 aromatic heterocycles. The summed E-state index contributed by atoms with van der Waals surface area (Å²) in [6, 6.07) is 15.4. The molecule has 0 saturated heterocycles. The number of aryl methyl sites for hydroxylation is 4. The van der Waals surface area contributed by atoms with E-state index < -0.39 is 0 Å². The molecule has 1 heterocycles. The molecule has 0 aliphatic heterocycles. The molecule has 0 spiro atoms. The van der Waals surface area contributed by atoms with E-state index in [1.54, 1.807) is 0 Å². The van der Waals surface area contributed by atoms with Crippen molar-refractivity contribution in [1.82, 2.24) is 4.98 Å². The molecule has 2 aromatic carbocycles. The van der Waals surface area contributed by atoms with E-state index in [4.69, 9.17) is 11.6 Å². The fourth-order valence-electron chi connectivity index (χ4n) is 3.19. The van der Waals surface area contributed by atoms with Gasteiger partial charge in [-0.2, -0.15) is 0 Å². The molecule has 4 aliphatic rings. The van der Waals surface area contributed by atoms with Gasteiger partial charge in [-0.15, -0.1) is 0 Å². The van der Waals surface area contributed by atoms with Gasteiger partial charge in [0.05, 0.1) is 10.5 Å². The maximum Gasteiger partial charge on any atom is 0.0751 e. The number of aromatic nitrogens is 1. The third kappa shape index (κ3) is 2.32. The quantitative estimate of drug-likeness (QED) is 0.582. The molecule has 0 atom stereocenters. The summed E-state index contributed by atoms with van der Waals surface area (Å²) >= 11 is 6.46. The predicted octanol–water partition coefficient (Wildman–Crippen LogP) is 4.77. The molecular weight excluding hydrogens is 278 g/mol. The maximum absolute atomic E-state index is 6.46. The van der Waals surface area contributed by atoms with Gasteiger partial charge in [-0.3, -0.25) is 4.98 Å². The second-order valence-corrected chi connectivity index (χ2v) is 6.12. The van der Waals surface area contributed by atoms with Crippen molar-refractivity contribution in [2.24, 2.45) is 0 Å². The summed E-state index contributed by atoms with van der Waals surface area (Å²) in [5.74, 6) is 0. The molecule has 0 amide bonds. The highest BCUT2D eigenvalue weighted by Crippen LogP contribution is 2.30. The fraction of sp³-hybridized carbons (Fsp3) is 0.211. The minimum atomic E-state index is 0.822. The molecule has 7 rings (SSSR count). The Hall–Kier alpha value is -1.86. The van der Waals surface area contributed by atoms with Crippen LogP contribution in [-0.2, 0) is 25.7 Å². The lowest BCUT2D eigenvalue weighted by Crippen LogP contribution is -2.01. The third-order valence-corrected chi connectivity index (χ3v) is 4.72. The van der Waals surface area contributed by atoms with E-state index in [1.807, 2.05) is 12.3 Å². The highest BCUT2D eigenvalue weighted by molar-refractivity contribution is 6.35. The molecule has 0 fully saturated rings. The van der Waals surface area contributed by atoms with E-state index in [9.17, 15) is 0 Å². The van der Waals surface area contributed by atoms with Gasteiger partial charge in [0, 0.05) is 11.6 Å². The van der Waals surface area contributed by atoms with Gasteiger partial charge in [0.15, 0.2) is 0 Å². The molecule has 1 nitrogen and oxygen atoms in total. The fourth-order valence-corrected chi connectivity index (χ4v) is 3.46. The van der Waals surface area contributed by atoms with Crippen LogP contribution in [0.1, 0.15) is 22.3 Å². The number of pyridine rings is 1. The first kappa shape index (κ1) is 12.8. The predicted molar refractivity (Wildman–Crippen MR) is 88.0 cm³/mol. The van der Waals surface area contributed by atoms with E-state index in [2.05, 4.69) is 41.4 Å². The average molecular weight is 294 g/mol. The average Bonchev–Trinajstić information content (AvgIpc) is 2.50. The summed E-state index contributed by atoms with van der Waals surface area (Å²) in [5, 5.41) is 1.97. The Bertz CT molecular complexity index is 806. The Balaban J connectivity index is 1.93. The lowest BCUT2D eigenvalue weighted by atomic mass is 9.93. The summed E-state index contributed by atoms with van der Waals surface area (Å²) < 4.78 is 0. The van der Waals surface area contributed by atoms with Crippen molar-refractivity contribution in [3.63, 3.8) is 0 Å². The highest BCUT2D eigenvalue weighted by atomic mass is 35.5. The molecule has 4 bridgehead atoms. The molecule has 0 unspecified atom stereocenters. The van der Waals surface area contributed by atoms with E-state index in [0.717, 1.165) is 41.6 Å². The topological polar surface area (TPSA) is 12.9 Å². The molecule has 21 heavy (non-hydrogen) atoms. The third-order valence-electron chi connectivity index (χ3n) is 4.40. The second-order valence-electron chi connectivity index (χ2n) is 5.72. The van der Waals surface area contributed by atoms with Gasteiger partial charge in [0.1, 0.15) is 0 Å². The van der Waals surface area contributed by atoms with Gasteiger partial charge in [0.2, 0.25) is 0 Å². The smallest absolute Gasteiger partial charge is 0.0751 e. The summed E-state index contributed by atoms with van der Waals surface area (Å²) in [6.45, 7) is 0. The Morgan fingerprint density at radius 2 is 1.33 bits per heavy atom. The van der Waals surface area contributed by atoms with Crippen molar-refractivity contribution in [3.05, 3.63) is 75.9 Å². The zero-order valence-electron chi connectivity index (χ0n) is 11.8. The maximum atomic E-state index is 6.46. The minimum absolute atomic E-state index is 0.822. The summed E-state index contributed by atoms with van der Waals surface area (Å²) in [6.07, 6.45) is 5.91. The summed E-state index contributed by atoms with van der Waals surface area (Å²) in [7, 11) is 0. The van der Waals surface area contributed by atoms with Crippen molar-refractivity contribution in [1.29, 1.82) is 0 Å². The highest BCUT2D eigenvalue weighted by Gasteiger charge is 2.12. The van der Waals surface area contributed by atoms with Gasteiger partial charge < -0.3 is 0 Å². The standard InChI is InChI=1S/C19H16ClN/c20-17-11-12-21-19-16-8-6-14-3-1-13(2-4-14)5-7-15(9-10-16)18(17)19/h1-4,9-12H,5-8H2. The van der Waals surface area contributed by atoms with Crippen LogP contribution in [0.5, 0.6) is 0 Å². The first-order valence-corrected chi connectivity index (χ1v) is 7.82. The van der Waals surface area contributed by atoms with Gasteiger partial charge >= 0.3 is 0 Å². The molecule has 3 aromatic rings. The van der Waals surface area contributed by atoms with Crippen LogP contribution in [0, 0.1) is 0 Å². The largest absolute Gasteiger partial charge is 0.256 e. The van der Waals surface area contributed by atoms with Crippen LogP contribution in [0.25, 0.3) is 10.9 Å². The Morgan fingerprint density at radius 1 is 0.714 bits per heavy atom. The number of hydrogen-bond acceptors (Lipinski definition) is 1. The van der Waals surface area contributed by atoms with Crippen molar-refractivity contribution in [2.45, 2.75) is 25.7 Å². The lowest BCUT2D eigenvalue weighted by molar-refractivity contribution is 0.931. The summed E-state index contributed by atoms with van der Waals surface area (Å²) in [5.41, 5.74) is 6.45. The van der Waals surface area contributed by atoms with E-state index in [0.29, 0.717) is 0 Å². The van der Waals surface area contributed by atoms with E-state index >= 15 is 0 Å². The van der Waals surface area contributed by atoms with Crippen LogP contribution in [0.2, 0.25) is 5.02 Å². The first-order chi connectivity index (χ1) is 10.3. The van der Waals surface area contributed by atoms with E-state index in [1.165, 1.54) is 22.3 Å². The SMILES string of the molecule is Clc1ccnc2c3ccc(c12)CCc1ccc(cc1)CC3. The Kier molecular flexibility index (Phi) is 3.16. The van der Waals surface area contributed by atoms with Crippen molar-refractivity contribution >= 4 is 22.5 Å². The van der Waals surface area contributed by atoms with Gasteiger partial charge in [-0.05, 0) is 54.0 Å². The van der Waals surface area contributed by atoms with Crippen LogP contribution in [0.4, 0.5) is 0 Å². The number of halogens is 1. The molecule has 104 valence electrons. The van der Waals surface area contributed by atoms with E-state index in [-0.39, 0.29) is 0 Å². The molecule has 0 N–H and O–H groups in total. The van der Waals surface area contributed by atoms with Crippen LogP contribution in [0.15, 0.2) is 48.7 Å². The first-order valence-electron chi connectivity index (χ1n) is 7.44. The van der Waals surface area contributed by atoms with Crippen LogP contribution >= 0.6 is 11.6 Å². The molecule has 2 heteroatoms. The zero-order valence-corrected chi connectivity index (χ0v) is 12.5. The monoisotopic (exact) mass is 293 g/mol. The van der Waals surface area contributed by atoms with Crippen LogP contribution < -0.4 is 0 Å². The normalized spacial score (nSPS) is 14.1. The second kappa shape index (κ2) is 5.16. The number of benzene rings is 2. The zero-order chi connectivity index (χ0) is 14.2. The van der Waals surface area contributed by atoms with Crippen molar-refractivity contribution in [2.75, 3.05) is 0 Å². The lowest BCUT2D eigenvalue weighted by Gasteiger charge is -2.14. The van der Waals surface area contributed by atoms with Gasteiger partial charge in [0.25, 0.3) is 0 Å². The minimum Gasteiger partial charge on any atom is -0.256 e. The van der Waals surface area contributed by atoms with Crippen LogP contribution in [-0.4, -0.2) is 4.98 Å². The molecule has 0 saturated carbocycles. The Labute approximate surface area is 129 Å². The van der Waals surface area contributed by atoms with Crippen LogP contribution in [0.3, 0.4) is 0 Å². The van der Waals surface area contributed by atoms with Crippen molar-refractivity contribution in [3.8, 4) is 0 Å². The summed E-state index contributed by atoms with van der Waals surface area (Å²) in [4.78, 5) is 4.61. The molecule has 0 radical (unpaired) electrons. The number of hydrogen-bond donors (Lipinski definition) is 0. The molecular formula is C19H16ClN. The van der Waals surface area contributed by atoms with Gasteiger partial charge in [-0.1, -0.05) is 48.0 Å².